The number of hydrogen-bond donors (Lipinski definition) is 3. The zero-order chi connectivity index (χ0) is 14.3. The van der Waals surface area contributed by atoms with Crippen LogP contribution in [0.3, 0.4) is 0 Å². The predicted octanol–water partition coefficient (Wildman–Crippen LogP) is -0.907. The van der Waals surface area contributed by atoms with Crippen molar-refractivity contribution in [3.05, 3.63) is 0 Å². The molecular formula is C11H20N4O3. The third-order valence-corrected chi connectivity index (χ3v) is 2.21. The van der Waals surface area contributed by atoms with Crippen molar-refractivity contribution in [1.29, 1.82) is 0 Å². The van der Waals surface area contributed by atoms with Gasteiger partial charge in [0.05, 0.1) is 0 Å². The molecule has 5 N–H and O–H groups in total. The zero-order valence-corrected chi connectivity index (χ0v) is 10.9. The Hall–Kier alpha value is -1.76. The lowest BCUT2D eigenvalue weighted by molar-refractivity contribution is -0.127. The van der Waals surface area contributed by atoms with E-state index in [4.69, 9.17) is 11.5 Å². The van der Waals surface area contributed by atoms with Gasteiger partial charge >= 0.3 is 0 Å². The Morgan fingerprint density at radius 1 is 1.28 bits per heavy atom. The fraction of sp³-hybridized carbons (Fsp3) is 0.636. The van der Waals surface area contributed by atoms with Crippen molar-refractivity contribution < 1.29 is 14.4 Å². The van der Waals surface area contributed by atoms with Crippen LogP contribution in [0.15, 0.2) is 4.99 Å². The summed E-state index contributed by atoms with van der Waals surface area (Å²) < 4.78 is 0. The smallest absolute Gasteiger partial charge is 0.266 e. The summed E-state index contributed by atoms with van der Waals surface area (Å²) in [6, 6.07) is 0. The SMILES string of the molecule is CC(=O)/N=C(\CCCN)C(=O)NC(C)(C)C(N)=O. The van der Waals surface area contributed by atoms with Gasteiger partial charge in [0, 0.05) is 6.92 Å². The third-order valence-electron chi connectivity index (χ3n) is 2.21. The molecule has 0 saturated heterocycles. The zero-order valence-electron chi connectivity index (χ0n) is 10.9. The summed E-state index contributed by atoms with van der Waals surface area (Å²) in [5, 5.41) is 2.43. The molecule has 0 atom stereocenters. The maximum Gasteiger partial charge on any atom is 0.266 e. The molecule has 0 heterocycles. The van der Waals surface area contributed by atoms with Crippen LogP contribution >= 0.6 is 0 Å². The molecular weight excluding hydrogens is 236 g/mol. The van der Waals surface area contributed by atoms with Crippen molar-refractivity contribution in [2.75, 3.05) is 6.54 Å². The second kappa shape index (κ2) is 6.85. The first kappa shape index (κ1) is 16.2. The van der Waals surface area contributed by atoms with Crippen molar-refractivity contribution in [1.82, 2.24) is 5.32 Å². The predicted molar refractivity (Wildman–Crippen MR) is 67.8 cm³/mol. The van der Waals surface area contributed by atoms with E-state index in [1.54, 1.807) is 0 Å². The molecule has 0 aromatic heterocycles. The maximum atomic E-state index is 11.9. The number of carbonyl (C=O) groups excluding carboxylic acids is 3. The highest BCUT2D eigenvalue weighted by Crippen LogP contribution is 2.02. The first-order chi connectivity index (χ1) is 8.20. The van der Waals surface area contributed by atoms with Gasteiger partial charge in [0.2, 0.25) is 11.8 Å². The Kier molecular flexibility index (Phi) is 6.18. The fourth-order valence-corrected chi connectivity index (χ4v) is 1.10. The molecule has 0 unspecified atom stereocenters. The van der Waals surface area contributed by atoms with Crippen LogP contribution in [0.4, 0.5) is 0 Å². The van der Waals surface area contributed by atoms with Gasteiger partial charge in [0.1, 0.15) is 11.3 Å². The minimum atomic E-state index is -1.20. The second-order valence-electron chi connectivity index (χ2n) is 4.41. The van der Waals surface area contributed by atoms with Crippen molar-refractivity contribution in [2.45, 2.75) is 39.2 Å². The van der Waals surface area contributed by atoms with Gasteiger partial charge in [0.15, 0.2) is 0 Å². The van der Waals surface area contributed by atoms with Crippen molar-refractivity contribution >= 4 is 23.4 Å². The van der Waals surface area contributed by atoms with Gasteiger partial charge in [-0.25, -0.2) is 4.99 Å². The number of carbonyl (C=O) groups is 3. The Bertz CT molecular complexity index is 374. The molecule has 0 radical (unpaired) electrons. The van der Waals surface area contributed by atoms with Crippen molar-refractivity contribution in [2.24, 2.45) is 16.5 Å². The van der Waals surface area contributed by atoms with E-state index in [0.717, 1.165) is 0 Å². The van der Waals surface area contributed by atoms with E-state index in [0.29, 0.717) is 13.0 Å². The summed E-state index contributed by atoms with van der Waals surface area (Å²) in [6.07, 6.45) is 0.799. The van der Waals surface area contributed by atoms with E-state index in [1.807, 2.05) is 0 Å². The lowest BCUT2D eigenvalue weighted by atomic mass is 10.0. The van der Waals surface area contributed by atoms with Gasteiger partial charge in [-0.3, -0.25) is 14.4 Å². The summed E-state index contributed by atoms with van der Waals surface area (Å²) in [4.78, 5) is 37.5. The van der Waals surface area contributed by atoms with E-state index in [9.17, 15) is 14.4 Å². The van der Waals surface area contributed by atoms with Gasteiger partial charge in [0.25, 0.3) is 5.91 Å². The van der Waals surface area contributed by atoms with Gasteiger partial charge in [-0.15, -0.1) is 0 Å². The minimum Gasteiger partial charge on any atom is -0.368 e. The molecule has 0 spiro atoms. The third kappa shape index (κ3) is 5.53. The van der Waals surface area contributed by atoms with Crippen molar-refractivity contribution in [3.8, 4) is 0 Å². The molecule has 0 bridgehead atoms. The lowest BCUT2D eigenvalue weighted by Gasteiger charge is -2.22. The molecule has 0 aliphatic heterocycles. The van der Waals surface area contributed by atoms with E-state index in [2.05, 4.69) is 10.3 Å². The molecule has 0 aliphatic carbocycles. The van der Waals surface area contributed by atoms with Crippen LogP contribution in [0.5, 0.6) is 0 Å². The highest BCUT2D eigenvalue weighted by Gasteiger charge is 2.28. The minimum absolute atomic E-state index is 0.0577. The Labute approximate surface area is 106 Å². The quantitative estimate of drug-likeness (QED) is 0.531. The molecule has 18 heavy (non-hydrogen) atoms. The number of nitrogens with zero attached hydrogens (tertiary/aromatic N) is 1. The van der Waals surface area contributed by atoms with Crippen LogP contribution in [0.2, 0.25) is 0 Å². The average molecular weight is 256 g/mol. The van der Waals surface area contributed by atoms with Crippen LogP contribution in [-0.2, 0) is 14.4 Å². The van der Waals surface area contributed by atoms with Gasteiger partial charge in [-0.2, -0.15) is 0 Å². The first-order valence-electron chi connectivity index (χ1n) is 5.61. The van der Waals surface area contributed by atoms with Crippen LogP contribution in [0, 0.1) is 0 Å². The summed E-state index contributed by atoms with van der Waals surface area (Å²) in [7, 11) is 0. The molecule has 102 valence electrons. The topological polar surface area (TPSA) is 128 Å². The van der Waals surface area contributed by atoms with Gasteiger partial charge < -0.3 is 16.8 Å². The number of nitrogens with one attached hydrogen (secondary N) is 1. The summed E-state index contributed by atoms with van der Waals surface area (Å²) in [5.74, 6) is -1.73. The molecule has 7 heteroatoms. The molecule has 0 aromatic carbocycles. The maximum absolute atomic E-state index is 11.9. The van der Waals surface area contributed by atoms with E-state index >= 15 is 0 Å². The molecule has 0 fully saturated rings. The second-order valence-corrected chi connectivity index (χ2v) is 4.41. The molecule has 0 aliphatic rings. The van der Waals surface area contributed by atoms with E-state index < -0.39 is 23.3 Å². The Balaban J connectivity index is 4.87. The van der Waals surface area contributed by atoms with Crippen LogP contribution < -0.4 is 16.8 Å². The van der Waals surface area contributed by atoms with Gasteiger partial charge in [-0.05, 0) is 33.2 Å². The molecule has 7 nitrogen and oxygen atoms in total. The Morgan fingerprint density at radius 3 is 2.22 bits per heavy atom. The molecule has 3 amide bonds. The van der Waals surface area contributed by atoms with Crippen LogP contribution in [0.25, 0.3) is 0 Å². The number of primary amides is 1. The first-order valence-corrected chi connectivity index (χ1v) is 5.61. The number of aliphatic imine (C=N–C) groups is 1. The highest BCUT2D eigenvalue weighted by molar-refractivity contribution is 6.40. The summed E-state index contributed by atoms with van der Waals surface area (Å²) in [6.45, 7) is 4.57. The van der Waals surface area contributed by atoms with Crippen LogP contribution in [0.1, 0.15) is 33.6 Å². The number of amides is 3. The average Bonchev–Trinajstić information content (AvgIpc) is 2.22. The standard InChI is InChI=1S/C11H20N4O3/c1-7(16)14-8(5-4-6-12)9(17)15-11(2,3)10(13)18/h4-6,12H2,1-3H3,(H2,13,18)(H,15,17)/b14-8+. The molecule has 0 aromatic rings. The number of rotatable bonds is 6. The van der Waals surface area contributed by atoms with E-state index in [1.165, 1.54) is 20.8 Å². The number of hydrogen-bond acceptors (Lipinski definition) is 4. The molecule has 0 rings (SSSR count). The summed E-state index contributed by atoms with van der Waals surface area (Å²) in [5.41, 5.74) is 9.34. The van der Waals surface area contributed by atoms with Crippen LogP contribution in [-0.4, -0.2) is 35.5 Å². The number of nitrogens with two attached hydrogens (primary N) is 2. The normalized spacial score (nSPS) is 12.1. The fourth-order valence-electron chi connectivity index (χ4n) is 1.10. The van der Waals surface area contributed by atoms with Crippen molar-refractivity contribution in [3.63, 3.8) is 0 Å². The largest absolute Gasteiger partial charge is 0.368 e. The van der Waals surface area contributed by atoms with Gasteiger partial charge in [-0.1, -0.05) is 0 Å². The highest BCUT2D eigenvalue weighted by atomic mass is 16.2. The molecule has 0 saturated carbocycles. The lowest BCUT2D eigenvalue weighted by Crippen LogP contribution is -2.54. The Morgan fingerprint density at radius 2 is 1.83 bits per heavy atom. The monoisotopic (exact) mass is 256 g/mol. The van der Waals surface area contributed by atoms with E-state index in [-0.39, 0.29) is 12.1 Å². The summed E-state index contributed by atoms with van der Waals surface area (Å²) >= 11 is 0.